The van der Waals surface area contributed by atoms with Gasteiger partial charge in [0.1, 0.15) is 5.01 Å². The van der Waals surface area contributed by atoms with Crippen LogP contribution >= 0.6 is 22.7 Å². The third kappa shape index (κ3) is 1.38. The summed E-state index contributed by atoms with van der Waals surface area (Å²) in [5.41, 5.74) is 7.28. The Balaban J connectivity index is 2.24. The largest absolute Gasteiger partial charge is 0.397 e. The number of nitrogens with zero attached hydrogens (tertiary/aromatic N) is 3. The van der Waals surface area contributed by atoms with Crippen molar-refractivity contribution in [3.05, 3.63) is 23.8 Å². The van der Waals surface area contributed by atoms with E-state index in [0.29, 0.717) is 5.65 Å². The van der Waals surface area contributed by atoms with Gasteiger partial charge in [-0.25, -0.2) is 15.0 Å². The van der Waals surface area contributed by atoms with Crippen molar-refractivity contribution < 1.29 is 0 Å². The van der Waals surface area contributed by atoms with E-state index in [4.69, 9.17) is 5.73 Å². The lowest BCUT2D eigenvalue weighted by atomic mass is 10.4. The summed E-state index contributed by atoms with van der Waals surface area (Å²) in [6.45, 7) is 0. The van der Waals surface area contributed by atoms with Crippen molar-refractivity contribution in [2.24, 2.45) is 0 Å². The Morgan fingerprint density at radius 3 is 2.80 bits per heavy atom. The number of aromatic nitrogens is 3. The fourth-order valence-corrected chi connectivity index (χ4v) is 3.07. The molecule has 0 radical (unpaired) electrons. The molecule has 3 aromatic rings. The fraction of sp³-hybridized carbons (Fsp3) is 0. The molecule has 74 valence electrons. The number of hydrogen-bond acceptors (Lipinski definition) is 6. The molecule has 0 atom stereocenters. The monoisotopic (exact) mass is 234 g/mol. The van der Waals surface area contributed by atoms with Crippen LogP contribution in [0.3, 0.4) is 0 Å². The molecule has 0 saturated heterocycles. The number of anilines is 1. The molecule has 3 rings (SSSR count). The number of nitrogen functional groups attached to an aromatic ring is 1. The van der Waals surface area contributed by atoms with Crippen molar-refractivity contribution in [2.45, 2.75) is 0 Å². The number of hydrogen-bond donors (Lipinski definition) is 1. The Kier molecular flexibility index (Phi) is 1.90. The fourth-order valence-electron chi connectivity index (χ4n) is 1.27. The Bertz CT molecular complexity index is 580. The zero-order valence-corrected chi connectivity index (χ0v) is 9.18. The van der Waals surface area contributed by atoms with Crippen LogP contribution in [0.4, 0.5) is 5.69 Å². The maximum absolute atomic E-state index is 5.83. The van der Waals surface area contributed by atoms with Gasteiger partial charge in [-0.1, -0.05) is 11.3 Å². The highest BCUT2D eigenvalue weighted by Gasteiger charge is 2.11. The van der Waals surface area contributed by atoms with Crippen molar-refractivity contribution in [3.63, 3.8) is 0 Å². The van der Waals surface area contributed by atoms with Gasteiger partial charge in [-0.15, -0.1) is 11.3 Å². The minimum Gasteiger partial charge on any atom is -0.397 e. The molecule has 15 heavy (non-hydrogen) atoms. The number of rotatable bonds is 1. The minimum atomic E-state index is 0.685. The maximum Gasteiger partial charge on any atom is 0.190 e. The number of nitrogens with two attached hydrogens (primary N) is 1. The summed E-state index contributed by atoms with van der Waals surface area (Å²) in [5.74, 6) is 0. The zero-order valence-electron chi connectivity index (χ0n) is 7.54. The van der Waals surface area contributed by atoms with Crippen molar-refractivity contribution in [2.75, 3.05) is 5.73 Å². The van der Waals surface area contributed by atoms with Gasteiger partial charge in [0.05, 0.1) is 10.6 Å². The van der Waals surface area contributed by atoms with E-state index in [1.54, 1.807) is 23.7 Å². The molecule has 0 aliphatic heterocycles. The van der Waals surface area contributed by atoms with E-state index in [9.17, 15) is 0 Å². The standard InChI is InChI=1S/C9H6N4S2/c10-5-1-4-14-6(5)8-13-7-9(15-8)12-3-2-11-7/h1-4H,10H2. The minimum absolute atomic E-state index is 0.685. The molecular formula is C9H6N4S2. The van der Waals surface area contributed by atoms with E-state index in [-0.39, 0.29) is 0 Å². The predicted octanol–water partition coefficient (Wildman–Crippen LogP) is 2.40. The highest BCUT2D eigenvalue weighted by Crippen LogP contribution is 2.35. The normalized spacial score (nSPS) is 10.9. The number of fused-ring (bicyclic) bond motifs is 1. The highest BCUT2D eigenvalue weighted by atomic mass is 32.1. The van der Waals surface area contributed by atoms with E-state index in [1.807, 2.05) is 11.4 Å². The van der Waals surface area contributed by atoms with Crippen molar-refractivity contribution >= 4 is 38.8 Å². The smallest absolute Gasteiger partial charge is 0.190 e. The molecule has 0 bridgehead atoms. The third-order valence-electron chi connectivity index (χ3n) is 1.94. The quantitative estimate of drug-likeness (QED) is 0.702. The van der Waals surface area contributed by atoms with E-state index in [0.717, 1.165) is 20.4 Å². The Morgan fingerprint density at radius 2 is 2.07 bits per heavy atom. The van der Waals surface area contributed by atoms with Gasteiger partial charge in [0.25, 0.3) is 0 Å². The molecule has 4 nitrogen and oxygen atoms in total. The van der Waals surface area contributed by atoms with Crippen LogP contribution in [0.5, 0.6) is 0 Å². The van der Waals surface area contributed by atoms with Gasteiger partial charge in [0, 0.05) is 12.4 Å². The summed E-state index contributed by atoms with van der Waals surface area (Å²) in [6, 6.07) is 1.88. The first-order valence-corrected chi connectivity index (χ1v) is 5.95. The molecule has 2 N–H and O–H groups in total. The summed E-state index contributed by atoms with van der Waals surface area (Å²) in [6.07, 6.45) is 3.31. The molecule has 6 heteroatoms. The molecule has 0 fully saturated rings. The molecular weight excluding hydrogens is 228 g/mol. The van der Waals surface area contributed by atoms with E-state index in [2.05, 4.69) is 15.0 Å². The van der Waals surface area contributed by atoms with Gasteiger partial charge in [0.2, 0.25) is 0 Å². The van der Waals surface area contributed by atoms with Gasteiger partial charge in [-0.05, 0) is 11.4 Å². The molecule has 0 saturated carbocycles. The predicted molar refractivity (Wildman–Crippen MR) is 62.9 cm³/mol. The summed E-state index contributed by atoms with van der Waals surface area (Å²) in [4.78, 5) is 14.6. The average Bonchev–Trinajstić information content (AvgIpc) is 2.82. The van der Waals surface area contributed by atoms with Crippen LogP contribution in [-0.4, -0.2) is 15.0 Å². The van der Waals surface area contributed by atoms with Gasteiger partial charge >= 0.3 is 0 Å². The molecule has 3 aromatic heterocycles. The summed E-state index contributed by atoms with van der Waals surface area (Å²) < 4.78 is 0. The summed E-state index contributed by atoms with van der Waals surface area (Å²) >= 11 is 3.10. The van der Waals surface area contributed by atoms with E-state index in [1.165, 1.54) is 11.3 Å². The first-order chi connectivity index (χ1) is 7.34. The molecule has 0 amide bonds. The van der Waals surface area contributed by atoms with E-state index >= 15 is 0 Å². The SMILES string of the molecule is Nc1ccsc1-c1nc2nccnc2s1. The molecule has 0 aromatic carbocycles. The topological polar surface area (TPSA) is 64.7 Å². The number of thiazole rings is 1. The average molecular weight is 234 g/mol. The summed E-state index contributed by atoms with van der Waals surface area (Å²) in [5, 5.41) is 2.85. The first kappa shape index (κ1) is 8.75. The van der Waals surface area contributed by atoms with Gasteiger partial charge in [-0.3, -0.25) is 0 Å². The van der Waals surface area contributed by atoms with Gasteiger partial charge in [-0.2, -0.15) is 0 Å². The van der Waals surface area contributed by atoms with Crippen molar-refractivity contribution in [3.8, 4) is 9.88 Å². The third-order valence-corrected chi connectivity index (χ3v) is 3.97. The second-order valence-electron chi connectivity index (χ2n) is 2.91. The van der Waals surface area contributed by atoms with Crippen LogP contribution < -0.4 is 5.73 Å². The van der Waals surface area contributed by atoms with Crippen LogP contribution in [0.2, 0.25) is 0 Å². The lowest BCUT2D eigenvalue weighted by Gasteiger charge is -1.90. The van der Waals surface area contributed by atoms with Crippen molar-refractivity contribution in [1.82, 2.24) is 15.0 Å². The van der Waals surface area contributed by atoms with Crippen LogP contribution in [0.25, 0.3) is 20.4 Å². The van der Waals surface area contributed by atoms with Gasteiger partial charge in [0.15, 0.2) is 10.5 Å². The first-order valence-electron chi connectivity index (χ1n) is 4.25. The molecule has 0 aliphatic carbocycles. The van der Waals surface area contributed by atoms with Crippen LogP contribution in [0.15, 0.2) is 23.8 Å². The molecule has 0 aliphatic rings. The van der Waals surface area contributed by atoms with Crippen LogP contribution in [-0.2, 0) is 0 Å². The zero-order chi connectivity index (χ0) is 10.3. The lowest BCUT2D eigenvalue weighted by Crippen LogP contribution is -1.82. The maximum atomic E-state index is 5.83. The molecule has 0 spiro atoms. The van der Waals surface area contributed by atoms with Crippen molar-refractivity contribution in [1.29, 1.82) is 0 Å². The second kappa shape index (κ2) is 3.25. The summed E-state index contributed by atoms with van der Waals surface area (Å²) in [7, 11) is 0. The Morgan fingerprint density at radius 1 is 1.20 bits per heavy atom. The Labute approximate surface area is 93.4 Å². The van der Waals surface area contributed by atoms with Gasteiger partial charge < -0.3 is 5.73 Å². The Hall–Kier alpha value is -1.53. The second-order valence-corrected chi connectivity index (χ2v) is 4.80. The highest BCUT2D eigenvalue weighted by molar-refractivity contribution is 7.25. The molecule has 3 heterocycles. The molecule has 0 unspecified atom stereocenters. The lowest BCUT2D eigenvalue weighted by molar-refractivity contribution is 1.27. The van der Waals surface area contributed by atoms with Crippen LogP contribution in [0, 0.1) is 0 Å². The van der Waals surface area contributed by atoms with Crippen LogP contribution in [0.1, 0.15) is 0 Å². The van der Waals surface area contributed by atoms with E-state index < -0.39 is 0 Å². The number of thiophene rings is 1.